The highest BCUT2D eigenvalue weighted by atomic mass is 15.3. The standard InChI is InChI=1S/C18H39N/c1-10-16(7,11-2)19(17(8,12-3)13-4)18(9,14-5)15-6/h10-15H2,1-9H3. The molecule has 0 aliphatic rings. The Balaban J connectivity index is 5.88. The molecule has 116 valence electrons. The third-order valence-electron chi connectivity index (χ3n) is 6.19. The molecule has 0 unspecified atom stereocenters. The molecule has 0 amide bonds. The van der Waals surface area contributed by atoms with Crippen LogP contribution in [0.2, 0.25) is 0 Å². The van der Waals surface area contributed by atoms with Gasteiger partial charge in [-0.3, -0.25) is 4.90 Å². The van der Waals surface area contributed by atoms with E-state index in [0.717, 1.165) is 0 Å². The van der Waals surface area contributed by atoms with Gasteiger partial charge in [-0.2, -0.15) is 0 Å². The maximum absolute atomic E-state index is 2.90. The lowest BCUT2D eigenvalue weighted by Gasteiger charge is -2.59. The molecule has 0 aromatic carbocycles. The third kappa shape index (κ3) is 3.54. The molecule has 0 atom stereocenters. The van der Waals surface area contributed by atoms with Gasteiger partial charge >= 0.3 is 0 Å². The average Bonchev–Trinajstić information content (AvgIpc) is 2.46. The second-order valence-corrected chi connectivity index (χ2v) is 6.95. The van der Waals surface area contributed by atoms with Gasteiger partial charge in [-0.05, 0) is 59.3 Å². The third-order valence-corrected chi connectivity index (χ3v) is 6.19. The fraction of sp³-hybridized carbons (Fsp3) is 1.00. The molecule has 1 nitrogen and oxygen atoms in total. The minimum absolute atomic E-state index is 0.307. The summed E-state index contributed by atoms with van der Waals surface area (Å²) in [6, 6.07) is 0. The molecular weight excluding hydrogens is 230 g/mol. The fourth-order valence-electron chi connectivity index (χ4n) is 3.65. The Kier molecular flexibility index (Phi) is 7.09. The Labute approximate surface area is 123 Å². The molecule has 0 rings (SSSR count). The second kappa shape index (κ2) is 7.11. The Morgan fingerprint density at radius 1 is 0.474 bits per heavy atom. The zero-order chi connectivity index (χ0) is 15.3. The van der Waals surface area contributed by atoms with Crippen molar-refractivity contribution >= 4 is 0 Å². The Bertz CT molecular complexity index is 202. The summed E-state index contributed by atoms with van der Waals surface area (Å²) in [5.74, 6) is 0. The summed E-state index contributed by atoms with van der Waals surface area (Å²) in [6.07, 6.45) is 7.38. The van der Waals surface area contributed by atoms with Gasteiger partial charge in [0.1, 0.15) is 0 Å². The molecule has 0 fully saturated rings. The molecule has 19 heavy (non-hydrogen) atoms. The summed E-state index contributed by atoms with van der Waals surface area (Å²) in [5, 5.41) is 0. The number of hydrogen-bond donors (Lipinski definition) is 0. The number of rotatable bonds is 9. The van der Waals surface area contributed by atoms with E-state index in [2.05, 4.69) is 67.2 Å². The van der Waals surface area contributed by atoms with Crippen molar-refractivity contribution in [3.63, 3.8) is 0 Å². The van der Waals surface area contributed by atoms with Gasteiger partial charge in [-0.1, -0.05) is 41.5 Å². The van der Waals surface area contributed by atoms with E-state index in [1.165, 1.54) is 38.5 Å². The first-order chi connectivity index (χ1) is 8.73. The highest BCUT2D eigenvalue weighted by Gasteiger charge is 2.47. The van der Waals surface area contributed by atoms with Gasteiger partial charge in [-0.25, -0.2) is 0 Å². The van der Waals surface area contributed by atoms with E-state index >= 15 is 0 Å². The van der Waals surface area contributed by atoms with E-state index in [0.29, 0.717) is 16.6 Å². The molecule has 0 N–H and O–H groups in total. The maximum atomic E-state index is 2.90. The Hall–Kier alpha value is -0.0400. The molecular formula is C18H39N. The zero-order valence-corrected chi connectivity index (χ0v) is 15.2. The quantitative estimate of drug-likeness (QED) is 0.494. The Morgan fingerprint density at radius 3 is 0.737 bits per heavy atom. The second-order valence-electron chi connectivity index (χ2n) is 6.95. The number of nitrogens with zero attached hydrogens (tertiary/aromatic N) is 1. The molecule has 0 aliphatic heterocycles. The SMILES string of the molecule is CCC(C)(CC)N(C(C)(CC)CC)C(C)(CC)CC. The first-order valence-corrected chi connectivity index (χ1v) is 8.53. The first kappa shape index (κ1) is 19.0. The van der Waals surface area contributed by atoms with Crippen LogP contribution in [0.5, 0.6) is 0 Å². The van der Waals surface area contributed by atoms with Gasteiger partial charge in [-0.15, -0.1) is 0 Å². The van der Waals surface area contributed by atoms with Gasteiger partial charge < -0.3 is 0 Å². The molecule has 0 heterocycles. The average molecular weight is 270 g/mol. The van der Waals surface area contributed by atoms with Crippen molar-refractivity contribution in [2.24, 2.45) is 0 Å². The van der Waals surface area contributed by atoms with Crippen molar-refractivity contribution in [3.8, 4) is 0 Å². The predicted molar refractivity (Wildman–Crippen MR) is 88.8 cm³/mol. The van der Waals surface area contributed by atoms with Crippen LogP contribution in [0.3, 0.4) is 0 Å². The van der Waals surface area contributed by atoms with Crippen molar-refractivity contribution in [1.29, 1.82) is 0 Å². The van der Waals surface area contributed by atoms with Crippen molar-refractivity contribution in [1.82, 2.24) is 4.90 Å². The topological polar surface area (TPSA) is 3.24 Å². The zero-order valence-electron chi connectivity index (χ0n) is 15.2. The van der Waals surface area contributed by atoms with E-state index in [9.17, 15) is 0 Å². The smallest absolute Gasteiger partial charge is 0.0187 e. The van der Waals surface area contributed by atoms with Crippen LogP contribution >= 0.6 is 0 Å². The summed E-state index contributed by atoms with van der Waals surface area (Å²) in [7, 11) is 0. The van der Waals surface area contributed by atoms with Gasteiger partial charge in [0.25, 0.3) is 0 Å². The first-order valence-electron chi connectivity index (χ1n) is 8.53. The summed E-state index contributed by atoms with van der Waals surface area (Å²) in [6.45, 7) is 21.5. The van der Waals surface area contributed by atoms with Crippen LogP contribution in [0, 0.1) is 0 Å². The highest BCUT2D eigenvalue weighted by molar-refractivity contribution is 5.03. The van der Waals surface area contributed by atoms with Gasteiger partial charge in [0, 0.05) is 16.6 Å². The van der Waals surface area contributed by atoms with Gasteiger partial charge in [0.15, 0.2) is 0 Å². The maximum Gasteiger partial charge on any atom is 0.0187 e. The van der Waals surface area contributed by atoms with Crippen LogP contribution in [-0.4, -0.2) is 21.5 Å². The molecule has 0 aromatic heterocycles. The van der Waals surface area contributed by atoms with Crippen LogP contribution in [0.15, 0.2) is 0 Å². The van der Waals surface area contributed by atoms with Crippen LogP contribution in [0.1, 0.15) is 101 Å². The van der Waals surface area contributed by atoms with Crippen molar-refractivity contribution in [3.05, 3.63) is 0 Å². The van der Waals surface area contributed by atoms with Crippen molar-refractivity contribution < 1.29 is 0 Å². The molecule has 0 saturated heterocycles. The van der Waals surface area contributed by atoms with Crippen LogP contribution in [-0.2, 0) is 0 Å². The normalized spacial score (nSPS) is 14.2. The molecule has 1 heteroatoms. The molecule has 0 aliphatic carbocycles. The molecule has 0 spiro atoms. The van der Waals surface area contributed by atoms with Gasteiger partial charge in [0.2, 0.25) is 0 Å². The van der Waals surface area contributed by atoms with Crippen molar-refractivity contribution in [2.75, 3.05) is 0 Å². The van der Waals surface area contributed by atoms with E-state index < -0.39 is 0 Å². The molecule has 0 radical (unpaired) electrons. The molecule has 0 aromatic rings. The van der Waals surface area contributed by atoms with Crippen LogP contribution in [0.25, 0.3) is 0 Å². The van der Waals surface area contributed by atoms with Crippen LogP contribution < -0.4 is 0 Å². The summed E-state index contributed by atoms with van der Waals surface area (Å²) < 4.78 is 0. The predicted octanol–water partition coefficient (Wildman–Crippen LogP) is 6.02. The molecule has 0 saturated carbocycles. The van der Waals surface area contributed by atoms with E-state index in [4.69, 9.17) is 0 Å². The van der Waals surface area contributed by atoms with Gasteiger partial charge in [0.05, 0.1) is 0 Å². The summed E-state index contributed by atoms with van der Waals surface area (Å²) in [5.41, 5.74) is 0.921. The summed E-state index contributed by atoms with van der Waals surface area (Å²) >= 11 is 0. The lowest BCUT2D eigenvalue weighted by atomic mass is 9.76. The van der Waals surface area contributed by atoms with E-state index in [-0.39, 0.29) is 0 Å². The lowest BCUT2D eigenvalue weighted by Crippen LogP contribution is -2.66. The van der Waals surface area contributed by atoms with Crippen molar-refractivity contribution in [2.45, 2.75) is 117 Å². The van der Waals surface area contributed by atoms with E-state index in [1.807, 2.05) is 0 Å². The monoisotopic (exact) mass is 269 g/mol. The minimum atomic E-state index is 0.307. The largest absolute Gasteiger partial charge is 0.287 e. The lowest BCUT2D eigenvalue weighted by molar-refractivity contribution is -0.0990. The highest BCUT2D eigenvalue weighted by Crippen LogP contribution is 2.43. The van der Waals surface area contributed by atoms with Crippen LogP contribution in [0.4, 0.5) is 0 Å². The molecule has 0 bridgehead atoms. The minimum Gasteiger partial charge on any atom is -0.287 e. The Morgan fingerprint density at radius 2 is 0.632 bits per heavy atom. The fourth-order valence-corrected chi connectivity index (χ4v) is 3.65. The van der Waals surface area contributed by atoms with E-state index in [1.54, 1.807) is 0 Å². The summed E-state index contributed by atoms with van der Waals surface area (Å²) in [4.78, 5) is 2.90. The number of hydrogen-bond acceptors (Lipinski definition) is 1.